The molecule has 0 saturated heterocycles. The lowest BCUT2D eigenvalue weighted by Gasteiger charge is -2.11. The summed E-state index contributed by atoms with van der Waals surface area (Å²) in [4.78, 5) is 27.7. The number of pyridine rings is 1. The molecule has 128 valence electrons. The molecule has 1 N–H and O–H groups in total. The summed E-state index contributed by atoms with van der Waals surface area (Å²) < 4.78 is 7.24. The van der Waals surface area contributed by atoms with Crippen LogP contribution in [-0.2, 0) is 11.3 Å². The normalized spacial score (nSPS) is 10.5. The van der Waals surface area contributed by atoms with Gasteiger partial charge in [0.25, 0.3) is 0 Å². The number of ether oxygens (including phenoxy) is 1. The number of aryl methyl sites for hydroxylation is 2. The van der Waals surface area contributed by atoms with Crippen LogP contribution in [0.15, 0.2) is 52.9 Å². The smallest absolute Gasteiger partial charge is 0.307 e. The second kappa shape index (κ2) is 7.31. The molecule has 0 unspecified atom stereocenters. The van der Waals surface area contributed by atoms with Gasteiger partial charge in [0.1, 0.15) is 18.0 Å². The molecular formula is C18H17N3O3S. The molecule has 0 aliphatic heterocycles. The molecule has 0 radical (unpaired) electrons. The van der Waals surface area contributed by atoms with Gasteiger partial charge in [-0.2, -0.15) is 0 Å². The van der Waals surface area contributed by atoms with Crippen LogP contribution in [0.25, 0.3) is 0 Å². The summed E-state index contributed by atoms with van der Waals surface area (Å²) in [6, 6.07) is 8.95. The predicted octanol–water partition coefficient (Wildman–Crippen LogP) is 3.35. The number of carbonyl (C=O) groups excluding carboxylic acids is 1. The van der Waals surface area contributed by atoms with Crippen LogP contribution in [0.2, 0.25) is 0 Å². The Morgan fingerprint density at radius 3 is 2.64 bits per heavy atom. The van der Waals surface area contributed by atoms with Gasteiger partial charge in [0.15, 0.2) is 0 Å². The average Bonchev–Trinajstić information content (AvgIpc) is 2.90. The van der Waals surface area contributed by atoms with Crippen LogP contribution in [-0.4, -0.2) is 15.5 Å². The summed E-state index contributed by atoms with van der Waals surface area (Å²) >= 11 is 1.09. The summed E-state index contributed by atoms with van der Waals surface area (Å²) in [5.74, 6) is 1.15. The number of nitrogens with zero attached hydrogens (tertiary/aromatic N) is 2. The minimum Gasteiger partial charge on any atom is -0.457 e. The number of aromatic nitrogens is 2. The maximum absolute atomic E-state index is 12.2. The highest BCUT2D eigenvalue weighted by molar-refractivity contribution is 7.07. The molecular weight excluding hydrogens is 338 g/mol. The van der Waals surface area contributed by atoms with Crippen LogP contribution in [0, 0.1) is 13.8 Å². The van der Waals surface area contributed by atoms with E-state index >= 15 is 0 Å². The molecule has 25 heavy (non-hydrogen) atoms. The van der Waals surface area contributed by atoms with Crippen molar-refractivity contribution in [1.29, 1.82) is 0 Å². The zero-order valence-corrected chi connectivity index (χ0v) is 14.7. The number of benzene rings is 1. The van der Waals surface area contributed by atoms with Crippen molar-refractivity contribution in [2.24, 2.45) is 0 Å². The molecule has 3 aromatic rings. The van der Waals surface area contributed by atoms with E-state index in [9.17, 15) is 9.59 Å². The maximum Gasteiger partial charge on any atom is 0.307 e. The van der Waals surface area contributed by atoms with E-state index in [-0.39, 0.29) is 17.3 Å². The Bertz CT molecular complexity index is 948. The first-order valence-electron chi connectivity index (χ1n) is 7.66. The molecule has 0 bridgehead atoms. The van der Waals surface area contributed by atoms with Gasteiger partial charge in [0, 0.05) is 29.2 Å². The zero-order valence-electron chi connectivity index (χ0n) is 13.9. The molecule has 3 rings (SSSR count). The third-order valence-corrected chi connectivity index (χ3v) is 4.50. The molecule has 0 atom stereocenters. The van der Waals surface area contributed by atoms with Gasteiger partial charge in [-0.15, -0.1) is 0 Å². The van der Waals surface area contributed by atoms with Gasteiger partial charge in [0.05, 0.1) is 0 Å². The van der Waals surface area contributed by atoms with Gasteiger partial charge in [-0.05, 0) is 49.7 Å². The highest BCUT2D eigenvalue weighted by Gasteiger charge is 2.10. The Hall–Kier alpha value is -2.93. The third-order valence-electron chi connectivity index (χ3n) is 3.61. The maximum atomic E-state index is 12.2. The lowest BCUT2D eigenvalue weighted by Crippen LogP contribution is -2.25. The fraction of sp³-hybridized carbons (Fsp3) is 0.167. The number of thiazole rings is 1. The molecule has 7 heteroatoms. The lowest BCUT2D eigenvalue weighted by molar-refractivity contribution is -0.116. The van der Waals surface area contributed by atoms with Gasteiger partial charge in [-0.1, -0.05) is 11.3 Å². The van der Waals surface area contributed by atoms with Gasteiger partial charge in [-0.3, -0.25) is 19.1 Å². The van der Waals surface area contributed by atoms with Crippen LogP contribution in [0.3, 0.4) is 0 Å². The topological polar surface area (TPSA) is 73.2 Å². The number of nitrogens with one attached hydrogen (secondary N) is 1. The summed E-state index contributed by atoms with van der Waals surface area (Å²) in [6.45, 7) is 3.71. The third kappa shape index (κ3) is 4.13. The Morgan fingerprint density at radius 2 is 2.00 bits per heavy atom. The largest absolute Gasteiger partial charge is 0.457 e. The first-order valence-corrected chi connectivity index (χ1v) is 8.54. The zero-order chi connectivity index (χ0) is 17.8. The number of hydrogen-bond acceptors (Lipinski definition) is 5. The number of amides is 1. The van der Waals surface area contributed by atoms with Crippen LogP contribution in [0.4, 0.5) is 5.69 Å². The molecule has 0 saturated carbocycles. The van der Waals surface area contributed by atoms with Gasteiger partial charge >= 0.3 is 4.87 Å². The highest BCUT2D eigenvalue weighted by Crippen LogP contribution is 2.26. The molecule has 1 amide bonds. The highest BCUT2D eigenvalue weighted by atomic mass is 32.1. The second-order valence-electron chi connectivity index (χ2n) is 5.54. The van der Waals surface area contributed by atoms with Crippen LogP contribution >= 0.6 is 11.3 Å². The fourth-order valence-electron chi connectivity index (χ4n) is 2.32. The first kappa shape index (κ1) is 16.9. The van der Waals surface area contributed by atoms with E-state index in [1.54, 1.807) is 49.0 Å². The second-order valence-corrected chi connectivity index (χ2v) is 6.36. The van der Waals surface area contributed by atoms with E-state index in [2.05, 4.69) is 10.3 Å². The number of anilines is 1. The van der Waals surface area contributed by atoms with E-state index in [4.69, 9.17) is 4.74 Å². The minimum atomic E-state index is -0.245. The molecule has 2 heterocycles. The summed E-state index contributed by atoms with van der Waals surface area (Å²) in [5, 5.41) is 4.55. The van der Waals surface area contributed by atoms with Crippen LogP contribution < -0.4 is 14.9 Å². The van der Waals surface area contributed by atoms with Crippen molar-refractivity contribution in [3.05, 3.63) is 69.0 Å². The van der Waals surface area contributed by atoms with E-state index in [1.807, 2.05) is 13.0 Å². The Balaban J connectivity index is 1.68. The number of rotatable bonds is 5. The first-order chi connectivity index (χ1) is 12.0. The van der Waals surface area contributed by atoms with Crippen molar-refractivity contribution in [1.82, 2.24) is 9.55 Å². The van der Waals surface area contributed by atoms with Crippen LogP contribution in [0.5, 0.6) is 11.5 Å². The molecule has 6 nitrogen and oxygen atoms in total. The van der Waals surface area contributed by atoms with Gasteiger partial charge < -0.3 is 10.1 Å². The minimum absolute atomic E-state index is 0.00246. The molecule has 1 aromatic carbocycles. The molecule has 0 fully saturated rings. The number of carbonyl (C=O) groups is 1. The summed E-state index contributed by atoms with van der Waals surface area (Å²) in [7, 11) is 0. The average molecular weight is 355 g/mol. The predicted molar refractivity (Wildman–Crippen MR) is 97.4 cm³/mol. The quantitative estimate of drug-likeness (QED) is 0.762. The molecule has 0 aliphatic carbocycles. The Labute approximate surface area is 148 Å². The van der Waals surface area contributed by atoms with E-state index < -0.39 is 0 Å². The number of hydrogen-bond donors (Lipinski definition) is 1. The van der Waals surface area contributed by atoms with Gasteiger partial charge in [-0.25, -0.2) is 0 Å². The SMILES string of the molecule is Cc1cc(NC(=O)Cn2c(C)csc2=O)ccc1Oc1ccncc1. The van der Waals surface area contributed by atoms with Crippen LogP contribution in [0.1, 0.15) is 11.3 Å². The van der Waals surface area contributed by atoms with Crippen molar-refractivity contribution in [3.63, 3.8) is 0 Å². The van der Waals surface area contributed by atoms with Crippen molar-refractivity contribution < 1.29 is 9.53 Å². The van der Waals surface area contributed by atoms with Gasteiger partial charge in [0.2, 0.25) is 5.91 Å². The summed E-state index contributed by atoms with van der Waals surface area (Å²) in [6.07, 6.45) is 3.32. The van der Waals surface area contributed by atoms with Crippen molar-refractivity contribution in [2.45, 2.75) is 20.4 Å². The van der Waals surface area contributed by atoms with E-state index in [1.165, 1.54) is 4.57 Å². The molecule has 0 aliphatic rings. The van der Waals surface area contributed by atoms with Crippen molar-refractivity contribution in [3.8, 4) is 11.5 Å². The van der Waals surface area contributed by atoms with Crippen molar-refractivity contribution in [2.75, 3.05) is 5.32 Å². The Kier molecular flexibility index (Phi) is 4.95. The Morgan fingerprint density at radius 1 is 1.24 bits per heavy atom. The fourth-order valence-corrected chi connectivity index (χ4v) is 3.05. The summed E-state index contributed by atoms with van der Waals surface area (Å²) in [5.41, 5.74) is 2.33. The van der Waals surface area contributed by atoms with Crippen molar-refractivity contribution >= 4 is 22.9 Å². The lowest BCUT2D eigenvalue weighted by atomic mass is 10.2. The standard InChI is InChI=1S/C18H17N3O3S/c1-12-9-14(3-4-16(12)24-15-5-7-19-8-6-15)20-17(22)10-21-13(2)11-25-18(21)23/h3-9,11H,10H2,1-2H3,(H,20,22). The molecule has 2 aromatic heterocycles. The monoisotopic (exact) mass is 355 g/mol. The van der Waals surface area contributed by atoms with E-state index in [0.29, 0.717) is 17.2 Å². The van der Waals surface area contributed by atoms with E-state index in [0.717, 1.165) is 22.6 Å². The molecule has 0 spiro atoms.